The van der Waals surface area contributed by atoms with E-state index in [1.165, 1.54) is 7.11 Å². The number of sulfone groups is 1. The van der Waals surface area contributed by atoms with Crippen molar-refractivity contribution in [3.05, 3.63) is 11.2 Å². The summed E-state index contributed by atoms with van der Waals surface area (Å²) in [7, 11) is -2.47. The Morgan fingerprint density at radius 3 is 1.88 bits per heavy atom. The Hall–Kier alpha value is -1.77. The van der Waals surface area contributed by atoms with Crippen LogP contribution in [0.2, 0.25) is 0 Å². The molecule has 0 heterocycles. The molecule has 0 unspecified atom stereocenters. The fourth-order valence-electron chi connectivity index (χ4n) is 1.68. The first kappa shape index (κ1) is 23.2. The number of hydrogen-bond acceptors (Lipinski definition) is 7. The molecule has 25 heavy (non-hydrogen) atoms. The molecule has 0 radical (unpaired) electrons. The van der Waals surface area contributed by atoms with Crippen LogP contribution in [0.3, 0.4) is 0 Å². The number of nitrogens with one attached hydrogen (secondary N) is 1. The zero-order chi connectivity index (χ0) is 20.1. The van der Waals surface area contributed by atoms with Crippen LogP contribution in [-0.2, 0) is 28.8 Å². The summed E-state index contributed by atoms with van der Waals surface area (Å²) in [6.07, 6.45) is 1.03. The van der Waals surface area contributed by atoms with Gasteiger partial charge in [-0.05, 0) is 47.6 Å². The van der Waals surface area contributed by atoms with Crippen molar-refractivity contribution in [1.82, 2.24) is 5.32 Å². The van der Waals surface area contributed by atoms with Crippen LogP contribution in [0.4, 0.5) is 4.79 Å². The Labute approximate surface area is 149 Å². The largest absolute Gasteiger partial charge is 0.487 e. The third kappa shape index (κ3) is 11.4. The van der Waals surface area contributed by atoms with Gasteiger partial charge < -0.3 is 19.5 Å². The average Bonchev–Trinajstić information content (AvgIpc) is 2.28. The predicted octanol–water partition coefficient (Wildman–Crippen LogP) is 2.14. The Kier molecular flexibility index (Phi) is 7.95. The lowest BCUT2D eigenvalue weighted by Gasteiger charge is -2.24. The van der Waals surface area contributed by atoms with E-state index in [0.717, 1.165) is 12.3 Å². The molecule has 0 saturated carbocycles. The van der Waals surface area contributed by atoms with Gasteiger partial charge in [0, 0.05) is 6.26 Å². The Morgan fingerprint density at radius 1 is 1.04 bits per heavy atom. The third-order valence-electron chi connectivity index (χ3n) is 2.41. The summed E-state index contributed by atoms with van der Waals surface area (Å²) in [5.41, 5.74) is -1.45. The smallest absolute Gasteiger partial charge is 0.408 e. The lowest BCUT2D eigenvalue weighted by Crippen LogP contribution is -2.40. The molecule has 0 aliphatic rings. The molecule has 0 aromatic carbocycles. The van der Waals surface area contributed by atoms with Crippen LogP contribution in [0.5, 0.6) is 0 Å². The lowest BCUT2D eigenvalue weighted by molar-refractivity contribution is -0.155. The minimum atomic E-state index is -3.66. The van der Waals surface area contributed by atoms with Gasteiger partial charge in [-0.15, -0.1) is 0 Å². The van der Waals surface area contributed by atoms with Crippen LogP contribution in [0.15, 0.2) is 11.2 Å². The summed E-state index contributed by atoms with van der Waals surface area (Å²) in [5, 5.41) is 2.08. The maximum atomic E-state index is 12.0. The topological polar surface area (TPSA) is 108 Å². The molecule has 8 nitrogen and oxygen atoms in total. The molecule has 1 N–H and O–H groups in total. The van der Waals surface area contributed by atoms with E-state index in [1.807, 2.05) is 0 Å². The third-order valence-corrected chi connectivity index (χ3v) is 3.45. The van der Waals surface area contributed by atoms with Crippen molar-refractivity contribution in [2.45, 2.75) is 65.2 Å². The number of carbonyl (C=O) groups excluding carboxylic acids is 2. The van der Waals surface area contributed by atoms with Crippen LogP contribution < -0.4 is 5.32 Å². The van der Waals surface area contributed by atoms with E-state index in [0.29, 0.717) is 0 Å². The van der Waals surface area contributed by atoms with Gasteiger partial charge in [0.25, 0.3) is 0 Å². The SMILES string of the molecule is COC(=C[C@H](CC(=O)OC(C)(C)C)NC(=O)OC(C)(C)C)S(C)(=O)=O. The second kappa shape index (κ2) is 8.55. The fourth-order valence-corrected chi connectivity index (χ4v) is 2.39. The van der Waals surface area contributed by atoms with Gasteiger partial charge in [0.05, 0.1) is 19.6 Å². The molecule has 0 bridgehead atoms. The zero-order valence-corrected chi connectivity index (χ0v) is 16.9. The van der Waals surface area contributed by atoms with Crippen LogP contribution in [0.25, 0.3) is 0 Å². The number of hydrogen-bond donors (Lipinski definition) is 1. The van der Waals surface area contributed by atoms with Crippen molar-refractivity contribution >= 4 is 21.9 Å². The normalized spacial score (nSPS) is 14.5. The molecule has 0 aromatic heterocycles. The molecule has 0 saturated heterocycles. The van der Waals surface area contributed by atoms with E-state index in [9.17, 15) is 18.0 Å². The second-order valence-corrected chi connectivity index (χ2v) is 9.45. The average molecular weight is 379 g/mol. The predicted molar refractivity (Wildman–Crippen MR) is 93.6 cm³/mol. The van der Waals surface area contributed by atoms with E-state index in [1.54, 1.807) is 41.5 Å². The summed E-state index contributed by atoms with van der Waals surface area (Å²) < 4.78 is 38.5. The van der Waals surface area contributed by atoms with Crippen LogP contribution in [-0.4, -0.2) is 51.1 Å². The van der Waals surface area contributed by atoms with Gasteiger partial charge >= 0.3 is 12.1 Å². The highest BCUT2D eigenvalue weighted by Crippen LogP contribution is 2.14. The minimum Gasteiger partial charge on any atom is -0.487 e. The molecule has 0 rings (SSSR count). The molecular formula is C16H29NO7S. The lowest BCUT2D eigenvalue weighted by atomic mass is 10.1. The molecule has 1 atom stereocenters. The molecule has 0 aliphatic carbocycles. The van der Waals surface area contributed by atoms with Gasteiger partial charge in [-0.3, -0.25) is 4.79 Å². The van der Waals surface area contributed by atoms with Gasteiger partial charge in [0.15, 0.2) is 0 Å². The molecule has 0 spiro atoms. The number of ether oxygens (including phenoxy) is 3. The molecule has 146 valence electrons. The van der Waals surface area contributed by atoms with E-state index in [2.05, 4.69) is 5.32 Å². The summed E-state index contributed by atoms with van der Waals surface area (Å²) in [6, 6.07) is -0.977. The highest BCUT2D eigenvalue weighted by Gasteiger charge is 2.25. The maximum absolute atomic E-state index is 12.0. The van der Waals surface area contributed by atoms with Crippen LogP contribution in [0.1, 0.15) is 48.0 Å². The van der Waals surface area contributed by atoms with Crippen molar-refractivity contribution in [3.8, 4) is 0 Å². The summed E-state index contributed by atoms with van der Waals surface area (Å²) >= 11 is 0. The number of alkyl carbamates (subject to hydrolysis) is 1. The summed E-state index contributed by atoms with van der Waals surface area (Å²) in [4.78, 5) is 24.0. The number of rotatable bonds is 6. The molecule has 0 fully saturated rings. The Bertz CT molecular complexity index is 579. The van der Waals surface area contributed by atoms with E-state index in [-0.39, 0.29) is 11.5 Å². The summed E-state index contributed by atoms with van der Waals surface area (Å²) in [5.74, 6) is -0.603. The van der Waals surface area contributed by atoms with Crippen molar-refractivity contribution < 1.29 is 32.2 Å². The fraction of sp³-hybridized carbons (Fsp3) is 0.750. The van der Waals surface area contributed by atoms with Gasteiger partial charge in [-0.2, -0.15) is 0 Å². The number of esters is 1. The molecule has 0 aromatic rings. The maximum Gasteiger partial charge on any atom is 0.408 e. The molecule has 0 aliphatic heterocycles. The Balaban J connectivity index is 5.41. The van der Waals surface area contributed by atoms with Crippen LogP contribution in [0, 0.1) is 0 Å². The monoisotopic (exact) mass is 379 g/mol. The van der Waals surface area contributed by atoms with Gasteiger partial charge in [0.2, 0.25) is 14.9 Å². The first-order valence-corrected chi connectivity index (χ1v) is 9.60. The van der Waals surface area contributed by atoms with E-state index >= 15 is 0 Å². The molecule has 1 amide bonds. The van der Waals surface area contributed by atoms with Crippen molar-refractivity contribution in [2.75, 3.05) is 13.4 Å². The standard InChI is InChI=1S/C16H29NO7S/c1-15(2,3)23-12(18)9-11(10-13(22-7)25(8,20)21)17-14(19)24-16(4,5)6/h10-11H,9H2,1-8H3,(H,17,19)/t11-/m0/s1. The number of methoxy groups -OCH3 is 1. The molecule has 9 heteroatoms. The second-order valence-electron chi connectivity index (χ2n) is 7.51. The van der Waals surface area contributed by atoms with E-state index < -0.39 is 39.1 Å². The minimum absolute atomic E-state index is 0.279. The van der Waals surface area contributed by atoms with E-state index in [4.69, 9.17) is 14.2 Å². The van der Waals surface area contributed by atoms with Gasteiger partial charge in [-0.25, -0.2) is 13.2 Å². The highest BCUT2D eigenvalue weighted by molar-refractivity contribution is 7.94. The van der Waals surface area contributed by atoms with Crippen molar-refractivity contribution in [3.63, 3.8) is 0 Å². The highest BCUT2D eigenvalue weighted by atomic mass is 32.2. The first-order chi connectivity index (χ1) is 11.0. The summed E-state index contributed by atoms with van der Waals surface area (Å²) in [6.45, 7) is 10.2. The quantitative estimate of drug-likeness (QED) is 0.556. The van der Waals surface area contributed by atoms with Crippen LogP contribution >= 0.6 is 0 Å². The van der Waals surface area contributed by atoms with Gasteiger partial charge in [-0.1, -0.05) is 0 Å². The Morgan fingerprint density at radius 2 is 1.52 bits per heavy atom. The number of carbonyl (C=O) groups is 2. The number of amides is 1. The van der Waals surface area contributed by atoms with Crippen molar-refractivity contribution in [2.24, 2.45) is 0 Å². The van der Waals surface area contributed by atoms with Gasteiger partial charge in [0.1, 0.15) is 11.2 Å². The first-order valence-electron chi connectivity index (χ1n) is 7.71. The molecular weight excluding hydrogens is 350 g/mol. The van der Waals surface area contributed by atoms with Crippen molar-refractivity contribution in [1.29, 1.82) is 0 Å². The zero-order valence-electron chi connectivity index (χ0n) is 16.1.